The number of halogens is 1. The molecule has 0 aliphatic heterocycles. The Morgan fingerprint density at radius 1 is 1.50 bits per heavy atom. The molecule has 0 spiro atoms. The highest BCUT2D eigenvalue weighted by Crippen LogP contribution is 2.19. The third kappa shape index (κ3) is 1.97. The van der Waals surface area contributed by atoms with E-state index in [0.717, 1.165) is 20.9 Å². The number of fused-ring (bicyclic) bond motifs is 1. The quantitative estimate of drug-likeness (QED) is 0.726. The topological polar surface area (TPSA) is 33.6 Å². The molecular formula is C12H10FN3S2. The summed E-state index contributed by atoms with van der Waals surface area (Å²) in [6, 6.07) is 4.61. The van der Waals surface area contributed by atoms with Crippen LogP contribution in [0.1, 0.15) is 9.88 Å². The van der Waals surface area contributed by atoms with E-state index in [2.05, 4.69) is 9.97 Å². The van der Waals surface area contributed by atoms with Gasteiger partial charge in [-0.25, -0.2) is 9.37 Å². The molecule has 3 aromatic rings. The zero-order chi connectivity index (χ0) is 12.7. The Morgan fingerprint density at radius 2 is 2.33 bits per heavy atom. The molecule has 0 amide bonds. The number of nitrogens with one attached hydrogen (secondary N) is 1. The molecule has 0 saturated heterocycles. The maximum absolute atomic E-state index is 13.3. The molecule has 2 aromatic heterocycles. The fourth-order valence-corrected chi connectivity index (χ4v) is 2.94. The van der Waals surface area contributed by atoms with E-state index in [4.69, 9.17) is 12.2 Å². The smallest absolute Gasteiger partial charge is 0.178 e. The first-order chi connectivity index (χ1) is 8.63. The lowest BCUT2D eigenvalue weighted by atomic mass is 10.3. The van der Waals surface area contributed by atoms with E-state index in [1.54, 1.807) is 17.4 Å². The van der Waals surface area contributed by atoms with Gasteiger partial charge in [-0.3, -0.25) is 0 Å². The number of imidazole rings is 1. The molecule has 6 heteroatoms. The number of H-pyrrole nitrogens is 1. The lowest BCUT2D eigenvalue weighted by molar-refractivity contribution is 0.628. The van der Waals surface area contributed by atoms with Crippen molar-refractivity contribution in [3.8, 4) is 0 Å². The molecule has 2 heterocycles. The summed E-state index contributed by atoms with van der Waals surface area (Å²) < 4.78 is 15.7. The molecule has 0 aliphatic rings. The molecule has 0 aliphatic carbocycles. The van der Waals surface area contributed by atoms with Crippen LogP contribution in [0, 0.1) is 17.5 Å². The maximum atomic E-state index is 13.3. The second kappa shape index (κ2) is 4.29. The molecule has 3 rings (SSSR count). The number of hydrogen-bond acceptors (Lipinski definition) is 3. The van der Waals surface area contributed by atoms with Crippen molar-refractivity contribution in [2.24, 2.45) is 0 Å². The highest BCUT2D eigenvalue weighted by atomic mass is 32.1. The van der Waals surface area contributed by atoms with Crippen molar-refractivity contribution < 1.29 is 4.39 Å². The van der Waals surface area contributed by atoms with Crippen molar-refractivity contribution in [2.45, 2.75) is 13.5 Å². The van der Waals surface area contributed by atoms with Crippen LogP contribution in [0.2, 0.25) is 0 Å². The van der Waals surface area contributed by atoms with Gasteiger partial charge >= 0.3 is 0 Å². The van der Waals surface area contributed by atoms with Gasteiger partial charge in [-0.05, 0) is 37.3 Å². The zero-order valence-corrected chi connectivity index (χ0v) is 11.2. The summed E-state index contributed by atoms with van der Waals surface area (Å²) in [7, 11) is 0. The Morgan fingerprint density at radius 3 is 3.06 bits per heavy atom. The number of hydrogen-bond donors (Lipinski definition) is 1. The number of benzene rings is 1. The lowest BCUT2D eigenvalue weighted by Crippen LogP contribution is -1.99. The Hall–Kier alpha value is -1.53. The standard InChI is InChI=1S/C12H10FN3S2/c1-7-5-14-11(18-7)6-16-10-4-8(13)2-3-9(10)15-12(16)17/h2-5H,6H2,1H3,(H,15,17). The summed E-state index contributed by atoms with van der Waals surface area (Å²) >= 11 is 6.89. The van der Waals surface area contributed by atoms with E-state index < -0.39 is 0 Å². The predicted octanol–water partition coefficient (Wildman–Crippen LogP) is 3.65. The largest absolute Gasteiger partial charge is 0.331 e. The van der Waals surface area contributed by atoms with Crippen LogP contribution in [0.25, 0.3) is 11.0 Å². The molecule has 92 valence electrons. The van der Waals surface area contributed by atoms with Crippen molar-refractivity contribution in [1.29, 1.82) is 0 Å². The molecule has 1 N–H and O–H groups in total. The first-order valence-corrected chi connectivity index (χ1v) is 6.65. The van der Waals surface area contributed by atoms with Crippen LogP contribution in [0.15, 0.2) is 24.4 Å². The molecule has 0 bridgehead atoms. The number of aryl methyl sites for hydroxylation is 1. The summed E-state index contributed by atoms with van der Waals surface area (Å²) in [6.45, 7) is 2.58. The Bertz CT molecular complexity index is 769. The minimum atomic E-state index is -0.263. The van der Waals surface area contributed by atoms with Crippen LogP contribution < -0.4 is 0 Å². The molecule has 0 atom stereocenters. The van der Waals surface area contributed by atoms with Gasteiger partial charge in [-0.1, -0.05) is 0 Å². The summed E-state index contributed by atoms with van der Waals surface area (Å²) in [5.74, 6) is -0.263. The fourth-order valence-electron chi connectivity index (χ4n) is 1.89. The monoisotopic (exact) mass is 279 g/mol. The molecule has 1 aromatic carbocycles. The number of aromatic nitrogens is 3. The number of rotatable bonds is 2. The molecule has 18 heavy (non-hydrogen) atoms. The van der Waals surface area contributed by atoms with Gasteiger partial charge in [0.25, 0.3) is 0 Å². The van der Waals surface area contributed by atoms with Crippen molar-refractivity contribution in [2.75, 3.05) is 0 Å². The molecule has 0 radical (unpaired) electrons. The van der Waals surface area contributed by atoms with Gasteiger partial charge in [0.05, 0.1) is 17.6 Å². The normalized spacial score (nSPS) is 11.2. The van der Waals surface area contributed by atoms with E-state index in [9.17, 15) is 4.39 Å². The van der Waals surface area contributed by atoms with Gasteiger partial charge < -0.3 is 9.55 Å². The zero-order valence-electron chi connectivity index (χ0n) is 9.61. The third-order valence-corrected chi connectivity index (χ3v) is 3.92. The number of aromatic amines is 1. The van der Waals surface area contributed by atoms with Crippen LogP contribution in [0.3, 0.4) is 0 Å². The number of thiazole rings is 1. The molecule has 0 unspecified atom stereocenters. The van der Waals surface area contributed by atoms with Crippen molar-refractivity contribution in [1.82, 2.24) is 14.5 Å². The van der Waals surface area contributed by atoms with E-state index in [1.165, 1.54) is 12.1 Å². The van der Waals surface area contributed by atoms with Crippen LogP contribution in [0.4, 0.5) is 4.39 Å². The first-order valence-electron chi connectivity index (χ1n) is 5.43. The average molecular weight is 279 g/mol. The molecule has 0 saturated carbocycles. The average Bonchev–Trinajstić information content (AvgIpc) is 2.86. The first kappa shape index (κ1) is 11.6. The fraction of sp³-hybridized carbons (Fsp3) is 0.167. The van der Waals surface area contributed by atoms with E-state index in [-0.39, 0.29) is 5.82 Å². The van der Waals surface area contributed by atoms with Crippen LogP contribution in [-0.2, 0) is 6.54 Å². The summed E-state index contributed by atoms with van der Waals surface area (Å²) in [5.41, 5.74) is 1.61. The van der Waals surface area contributed by atoms with Gasteiger partial charge in [0, 0.05) is 11.1 Å². The Balaban J connectivity index is 2.13. The predicted molar refractivity (Wildman–Crippen MR) is 73.0 cm³/mol. The van der Waals surface area contributed by atoms with E-state index >= 15 is 0 Å². The van der Waals surface area contributed by atoms with Gasteiger partial charge in [0.2, 0.25) is 0 Å². The molecule has 3 nitrogen and oxygen atoms in total. The van der Waals surface area contributed by atoms with Gasteiger partial charge in [0.1, 0.15) is 10.8 Å². The molecule has 0 fully saturated rings. The van der Waals surface area contributed by atoms with Crippen molar-refractivity contribution >= 4 is 34.6 Å². The third-order valence-electron chi connectivity index (χ3n) is 2.70. The van der Waals surface area contributed by atoms with E-state index in [0.29, 0.717) is 11.3 Å². The van der Waals surface area contributed by atoms with Gasteiger partial charge in [-0.2, -0.15) is 0 Å². The Kier molecular flexibility index (Phi) is 2.76. The number of nitrogens with zero attached hydrogens (tertiary/aromatic N) is 2. The van der Waals surface area contributed by atoms with Gasteiger partial charge in [0.15, 0.2) is 4.77 Å². The van der Waals surface area contributed by atoms with E-state index in [1.807, 2.05) is 17.7 Å². The van der Waals surface area contributed by atoms with Crippen molar-refractivity contribution in [3.05, 3.63) is 44.9 Å². The summed E-state index contributed by atoms with van der Waals surface area (Å²) in [4.78, 5) is 8.53. The van der Waals surface area contributed by atoms with Crippen molar-refractivity contribution in [3.63, 3.8) is 0 Å². The minimum Gasteiger partial charge on any atom is -0.331 e. The van der Waals surface area contributed by atoms with Crippen LogP contribution in [0.5, 0.6) is 0 Å². The highest BCUT2D eigenvalue weighted by molar-refractivity contribution is 7.71. The Labute approximate surface area is 112 Å². The lowest BCUT2D eigenvalue weighted by Gasteiger charge is -2.01. The SMILES string of the molecule is Cc1cnc(Cn2c(=S)[nH]c3ccc(F)cc32)s1. The van der Waals surface area contributed by atoms with Crippen LogP contribution >= 0.6 is 23.6 Å². The van der Waals surface area contributed by atoms with Gasteiger partial charge in [-0.15, -0.1) is 11.3 Å². The molecular weight excluding hydrogens is 269 g/mol. The maximum Gasteiger partial charge on any atom is 0.178 e. The highest BCUT2D eigenvalue weighted by Gasteiger charge is 2.08. The summed E-state index contributed by atoms with van der Waals surface area (Å²) in [5, 5.41) is 0.966. The second-order valence-electron chi connectivity index (χ2n) is 4.04. The van der Waals surface area contributed by atoms with Crippen LogP contribution in [-0.4, -0.2) is 14.5 Å². The summed E-state index contributed by atoms with van der Waals surface area (Å²) in [6.07, 6.45) is 1.83. The second-order valence-corrected chi connectivity index (χ2v) is 5.75. The minimum absolute atomic E-state index is 0.263.